The second-order valence-electron chi connectivity index (χ2n) is 3.60. The largest absolute Gasteiger partial charge is 0.392 e. The molecule has 0 aliphatic heterocycles. The smallest absolute Gasteiger partial charge is 0.261 e. The second kappa shape index (κ2) is 5.28. The van der Waals surface area contributed by atoms with Crippen LogP contribution in [-0.4, -0.2) is 23.7 Å². The molecule has 0 unspecified atom stereocenters. The molecule has 1 aromatic heterocycles. The van der Waals surface area contributed by atoms with Crippen molar-refractivity contribution in [3.05, 3.63) is 21.4 Å². The van der Waals surface area contributed by atoms with E-state index in [1.54, 1.807) is 6.92 Å². The number of thiophene rings is 1. The van der Waals surface area contributed by atoms with E-state index in [9.17, 15) is 4.79 Å². The summed E-state index contributed by atoms with van der Waals surface area (Å²) in [7, 11) is 0. The molecule has 0 radical (unpaired) electrons. The summed E-state index contributed by atoms with van der Waals surface area (Å²) in [6, 6.07) is 1.93. The van der Waals surface area contributed by atoms with Crippen LogP contribution in [0.4, 0.5) is 0 Å². The molecule has 4 heteroatoms. The van der Waals surface area contributed by atoms with E-state index in [1.807, 2.05) is 13.0 Å². The first-order valence-electron chi connectivity index (χ1n) is 5.10. The molecular weight excluding hydrogens is 210 g/mol. The van der Waals surface area contributed by atoms with Crippen LogP contribution in [0.5, 0.6) is 0 Å². The van der Waals surface area contributed by atoms with Gasteiger partial charge in [-0.2, -0.15) is 0 Å². The van der Waals surface area contributed by atoms with Gasteiger partial charge in [-0.25, -0.2) is 0 Å². The van der Waals surface area contributed by atoms with Crippen LogP contribution in [0.1, 0.15) is 34.0 Å². The number of carbonyl (C=O) groups excluding carboxylic acids is 1. The van der Waals surface area contributed by atoms with Crippen LogP contribution in [0.15, 0.2) is 6.07 Å². The summed E-state index contributed by atoms with van der Waals surface area (Å²) < 4.78 is 0. The number of rotatable bonds is 4. The standard InChI is InChI=1S/C11H17NO2S/c1-4-9-5-10(15-8(9)3)11(14)12-6-7(2)13/h5,7,13H,4,6H2,1-3H3,(H,12,14)/t7-/m0/s1. The van der Waals surface area contributed by atoms with Crippen molar-refractivity contribution in [2.45, 2.75) is 33.3 Å². The van der Waals surface area contributed by atoms with Gasteiger partial charge in [-0.15, -0.1) is 11.3 Å². The molecular formula is C11H17NO2S. The van der Waals surface area contributed by atoms with Gasteiger partial charge in [0.05, 0.1) is 11.0 Å². The van der Waals surface area contributed by atoms with Crippen LogP contribution < -0.4 is 5.32 Å². The third kappa shape index (κ3) is 3.32. The van der Waals surface area contributed by atoms with Gasteiger partial charge in [-0.3, -0.25) is 4.79 Å². The fourth-order valence-corrected chi connectivity index (χ4v) is 2.34. The van der Waals surface area contributed by atoms with Gasteiger partial charge in [0.2, 0.25) is 0 Å². The SMILES string of the molecule is CCc1cc(C(=O)NC[C@H](C)O)sc1C. The normalized spacial score (nSPS) is 12.5. The number of aliphatic hydroxyl groups is 1. The minimum atomic E-state index is -0.499. The lowest BCUT2D eigenvalue weighted by molar-refractivity contribution is 0.0928. The Morgan fingerprint density at radius 3 is 2.80 bits per heavy atom. The van der Waals surface area contributed by atoms with E-state index < -0.39 is 6.10 Å². The topological polar surface area (TPSA) is 49.3 Å². The molecule has 0 fully saturated rings. The van der Waals surface area contributed by atoms with Crippen molar-refractivity contribution in [2.75, 3.05) is 6.54 Å². The van der Waals surface area contributed by atoms with Crippen molar-refractivity contribution in [1.82, 2.24) is 5.32 Å². The zero-order chi connectivity index (χ0) is 11.4. The average molecular weight is 227 g/mol. The Hall–Kier alpha value is -0.870. The molecule has 2 N–H and O–H groups in total. The van der Waals surface area contributed by atoms with Crippen molar-refractivity contribution in [2.24, 2.45) is 0 Å². The number of aliphatic hydroxyl groups excluding tert-OH is 1. The molecule has 1 amide bonds. The summed E-state index contributed by atoms with van der Waals surface area (Å²) >= 11 is 1.51. The van der Waals surface area contributed by atoms with E-state index >= 15 is 0 Å². The molecule has 15 heavy (non-hydrogen) atoms. The average Bonchev–Trinajstić information content (AvgIpc) is 2.56. The molecule has 0 aliphatic carbocycles. The van der Waals surface area contributed by atoms with Gasteiger partial charge in [0, 0.05) is 11.4 Å². The first-order chi connectivity index (χ1) is 7.04. The zero-order valence-electron chi connectivity index (χ0n) is 9.33. The number of aryl methyl sites for hydroxylation is 2. The van der Waals surface area contributed by atoms with Crippen LogP contribution >= 0.6 is 11.3 Å². The van der Waals surface area contributed by atoms with Crippen molar-refractivity contribution < 1.29 is 9.90 Å². The first kappa shape index (κ1) is 12.2. The van der Waals surface area contributed by atoms with Crippen LogP contribution in [0.25, 0.3) is 0 Å². The lowest BCUT2D eigenvalue weighted by Gasteiger charge is -2.04. The van der Waals surface area contributed by atoms with Crippen LogP contribution in [0.3, 0.4) is 0 Å². The highest BCUT2D eigenvalue weighted by Crippen LogP contribution is 2.21. The highest BCUT2D eigenvalue weighted by molar-refractivity contribution is 7.14. The number of hydrogen-bond donors (Lipinski definition) is 2. The van der Waals surface area contributed by atoms with Gasteiger partial charge in [0.15, 0.2) is 0 Å². The summed E-state index contributed by atoms with van der Waals surface area (Å²) in [5, 5.41) is 11.7. The molecule has 1 rings (SSSR count). The highest BCUT2D eigenvalue weighted by atomic mass is 32.1. The summed E-state index contributed by atoms with van der Waals surface area (Å²) in [6.45, 7) is 6.05. The van der Waals surface area contributed by atoms with Gasteiger partial charge >= 0.3 is 0 Å². The monoisotopic (exact) mass is 227 g/mol. The Morgan fingerprint density at radius 2 is 2.33 bits per heavy atom. The lowest BCUT2D eigenvalue weighted by Crippen LogP contribution is -2.29. The van der Waals surface area contributed by atoms with E-state index in [0.717, 1.165) is 11.3 Å². The third-order valence-electron chi connectivity index (χ3n) is 2.18. The number of nitrogens with one attached hydrogen (secondary N) is 1. The summed E-state index contributed by atoms with van der Waals surface area (Å²) in [4.78, 5) is 13.5. The van der Waals surface area contributed by atoms with Crippen LogP contribution in [0.2, 0.25) is 0 Å². The molecule has 0 aromatic carbocycles. The Morgan fingerprint density at radius 1 is 1.67 bits per heavy atom. The Balaban J connectivity index is 2.66. The molecule has 0 bridgehead atoms. The molecule has 0 saturated carbocycles. The second-order valence-corrected chi connectivity index (χ2v) is 4.86. The van der Waals surface area contributed by atoms with Gasteiger partial charge in [-0.1, -0.05) is 6.92 Å². The molecule has 0 spiro atoms. The van der Waals surface area contributed by atoms with Crippen LogP contribution in [0, 0.1) is 6.92 Å². The summed E-state index contributed by atoms with van der Waals surface area (Å²) in [5.74, 6) is -0.0938. The van der Waals surface area contributed by atoms with Gasteiger partial charge in [0.1, 0.15) is 0 Å². The molecule has 0 aliphatic rings. The molecule has 1 aromatic rings. The molecule has 3 nitrogen and oxygen atoms in total. The Kier molecular flexibility index (Phi) is 4.29. The predicted octanol–water partition coefficient (Wildman–Crippen LogP) is 1.73. The number of hydrogen-bond acceptors (Lipinski definition) is 3. The maximum Gasteiger partial charge on any atom is 0.261 e. The molecule has 0 saturated heterocycles. The number of carbonyl (C=O) groups is 1. The summed E-state index contributed by atoms with van der Waals surface area (Å²) in [6.07, 6.45) is 0.451. The van der Waals surface area contributed by atoms with Gasteiger partial charge in [0.25, 0.3) is 5.91 Å². The quantitative estimate of drug-likeness (QED) is 0.823. The Bertz CT molecular complexity index is 344. The summed E-state index contributed by atoms with van der Waals surface area (Å²) in [5.41, 5.74) is 1.22. The minimum absolute atomic E-state index is 0.0938. The fourth-order valence-electron chi connectivity index (χ4n) is 1.31. The zero-order valence-corrected chi connectivity index (χ0v) is 10.1. The maximum absolute atomic E-state index is 11.6. The highest BCUT2D eigenvalue weighted by Gasteiger charge is 2.11. The molecule has 1 heterocycles. The van der Waals surface area contributed by atoms with Gasteiger partial charge < -0.3 is 10.4 Å². The van der Waals surface area contributed by atoms with E-state index in [2.05, 4.69) is 12.2 Å². The van der Waals surface area contributed by atoms with E-state index in [4.69, 9.17) is 5.11 Å². The first-order valence-corrected chi connectivity index (χ1v) is 5.91. The van der Waals surface area contributed by atoms with Crippen molar-refractivity contribution in [3.63, 3.8) is 0 Å². The minimum Gasteiger partial charge on any atom is -0.392 e. The maximum atomic E-state index is 11.6. The van der Waals surface area contributed by atoms with Crippen LogP contribution in [-0.2, 0) is 6.42 Å². The Labute approximate surface area is 94.1 Å². The lowest BCUT2D eigenvalue weighted by atomic mass is 10.2. The molecule has 84 valence electrons. The molecule has 1 atom stereocenters. The van der Waals surface area contributed by atoms with Crippen molar-refractivity contribution in [1.29, 1.82) is 0 Å². The van der Waals surface area contributed by atoms with E-state index in [1.165, 1.54) is 21.8 Å². The number of amides is 1. The van der Waals surface area contributed by atoms with Crippen molar-refractivity contribution in [3.8, 4) is 0 Å². The third-order valence-corrected chi connectivity index (χ3v) is 3.27. The van der Waals surface area contributed by atoms with Crippen molar-refractivity contribution >= 4 is 17.2 Å². The van der Waals surface area contributed by atoms with E-state index in [0.29, 0.717) is 6.54 Å². The fraction of sp³-hybridized carbons (Fsp3) is 0.545. The van der Waals surface area contributed by atoms with Gasteiger partial charge in [-0.05, 0) is 31.9 Å². The van der Waals surface area contributed by atoms with E-state index in [-0.39, 0.29) is 5.91 Å². The predicted molar refractivity (Wildman–Crippen MR) is 62.4 cm³/mol.